The third-order valence-electron chi connectivity index (χ3n) is 1.70. The van der Waals surface area contributed by atoms with Crippen LogP contribution < -0.4 is 0 Å². The van der Waals surface area contributed by atoms with Crippen molar-refractivity contribution in [3.8, 4) is 0 Å². The van der Waals surface area contributed by atoms with E-state index in [9.17, 15) is 16.8 Å². The molecule has 0 aliphatic rings. The van der Waals surface area contributed by atoms with Crippen LogP contribution in [0.2, 0.25) is 0 Å². The van der Waals surface area contributed by atoms with Gasteiger partial charge in [0.2, 0.25) is 9.05 Å². The molecule has 0 N–H and O–H groups in total. The second-order valence-electron chi connectivity index (χ2n) is 3.06. The highest BCUT2D eigenvalue weighted by Crippen LogP contribution is 2.19. The van der Waals surface area contributed by atoms with Crippen molar-refractivity contribution in [2.24, 2.45) is 0 Å². The van der Waals surface area contributed by atoms with Crippen molar-refractivity contribution in [3.63, 3.8) is 0 Å². The fourth-order valence-corrected chi connectivity index (χ4v) is 3.18. The molecule has 0 saturated carbocycles. The second kappa shape index (κ2) is 4.11. The van der Waals surface area contributed by atoms with E-state index in [1.807, 2.05) is 0 Å². The molecule has 1 aromatic carbocycles. The Labute approximate surface area is 93.2 Å². The average Bonchev–Trinajstić information content (AvgIpc) is 1.99. The predicted molar refractivity (Wildman–Crippen MR) is 58.0 cm³/mol. The molecule has 0 saturated heterocycles. The van der Waals surface area contributed by atoms with Crippen LogP contribution in [0.15, 0.2) is 29.2 Å². The smallest absolute Gasteiger partial charge is 0.224 e. The molecule has 0 spiro atoms. The van der Waals surface area contributed by atoms with Crippen LogP contribution in [0.3, 0.4) is 0 Å². The van der Waals surface area contributed by atoms with E-state index in [1.165, 1.54) is 18.2 Å². The molecule has 0 unspecified atom stereocenters. The van der Waals surface area contributed by atoms with Crippen molar-refractivity contribution in [2.75, 3.05) is 6.26 Å². The Morgan fingerprint density at radius 3 is 2.13 bits per heavy atom. The zero-order chi connectivity index (χ0) is 11.7. The van der Waals surface area contributed by atoms with Crippen LogP contribution in [-0.4, -0.2) is 23.1 Å². The van der Waals surface area contributed by atoms with Crippen LogP contribution >= 0.6 is 10.7 Å². The summed E-state index contributed by atoms with van der Waals surface area (Å²) in [6.45, 7) is 0. The first-order valence-corrected chi connectivity index (χ1v) is 8.27. The molecule has 7 heteroatoms. The molecule has 0 aliphatic heterocycles. The number of benzene rings is 1. The molecule has 0 amide bonds. The van der Waals surface area contributed by atoms with Gasteiger partial charge in [0.25, 0.3) is 0 Å². The van der Waals surface area contributed by atoms with Crippen LogP contribution in [0, 0.1) is 0 Å². The summed E-state index contributed by atoms with van der Waals surface area (Å²) in [4.78, 5) is -0.00535. The largest absolute Gasteiger partial charge is 0.236 e. The fraction of sp³-hybridized carbons (Fsp3) is 0.250. The normalized spacial score (nSPS) is 12.7. The third-order valence-corrected chi connectivity index (χ3v) is 3.88. The molecular weight excluding hydrogens is 260 g/mol. The van der Waals surface area contributed by atoms with Crippen LogP contribution in [0.4, 0.5) is 0 Å². The lowest BCUT2D eigenvalue weighted by molar-refractivity contribution is 0.600. The number of hydrogen-bond acceptors (Lipinski definition) is 4. The van der Waals surface area contributed by atoms with Crippen LogP contribution in [0.25, 0.3) is 0 Å². The van der Waals surface area contributed by atoms with Gasteiger partial charge in [0.1, 0.15) is 0 Å². The van der Waals surface area contributed by atoms with Crippen molar-refractivity contribution < 1.29 is 16.8 Å². The maximum absolute atomic E-state index is 11.3. The van der Waals surface area contributed by atoms with Crippen LogP contribution in [-0.2, 0) is 24.6 Å². The Hall–Kier alpha value is -0.590. The van der Waals surface area contributed by atoms with E-state index < -0.39 is 24.6 Å². The molecule has 1 rings (SSSR count). The summed E-state index contributed by atoms with van der Waals surface area (Å²) in [5.74, 6) is -0.488. The van der Waals surface area contributed by atoms with Gasteiger partial charge in [-0.2, -0.15) is 0 Å². The van der Waals surface area contributed by atoms with Gasteiger partial charge in [0.15, 0.2) is 9.84 Å². The van der Waals surface area contributed by atoms with E-state index in [2.05, 4.69) is 0 Å². The van der Waals surface area contributed by atoms with Gasteiger partial charge >= 0.3 is 0 Å². The third kappa shape index (κ3) is 3.81. The molecular formula is C8H9ClO4S2. The highest BCUT2D eigenvalue weighted by atomic mass is 35.7. The summed E-state index contributed by atoms with van der Waals surface area (Å²) in [5.41, 5.74) is 0.190. The van der Waals surface area contributed by atoms with Gasteiger partial charge in [-0.3, -0.25) is 0 Å². The zero-order valence-corrected chi connectivity index (χ0v) is 10.2. The molecule has 15 heavy (non-hydrogen) atoms. The molecule has 0 aromatic heterocycles. The topological polar surface area (TPSA) is 68.3 Å². The maximum Gasteiger partial charge on any atom is 0.236 e. The summed E-state index contributed by atoms with van der Waals surface area (Å²) in [6, 6.07) is 5.87. The molecule has 84 valence electrons. The number of rotatable bonds is 3. The first-order chi connectivity index (χ1) is 6.70. The second-order valence-corrected chi connectivity index (χ2v) is 7.82. The lowest BCUT2D eigenvalue weighted by atomic mass is 10.2. The Balaban J connectivity index is 3.32. The minimum Gasteiger partial charge on any atom is -0.224 e. The zero-order valence-electron chi connectivity index (χ0n) is 7.84. The van der Waals surface area contributed by atoms with Crippen molar-refractivity contribution >= 4 is 29.6 Å². The van der Waals surface area contributed by atoms with E-state index >= 15 is 0 Å². The van der Waals surface area contributed by atoms with E-state index in [4.69, 9.17) is 10.7 Å². The standard InChI is InChI=1S/C8H9ClO4S2/c1-14(10,11)8-5-3-2-4-7(8)6-15(9,12)13/h2-5H,6H2,1H3. The molecule has 0 aliphatic carbocycles. The molecule has 0 bridgehead atoms. The first-order valence-electron chi connectivity index (χ1n) is 3.90. The van der Waals surface area contributed by atoms with Gasteiger partial charge in [-0.25, -0.2) is 16.8 Å². The number of halogens is 1. The maximum atomic E-state index is 11.3. The van der Waals surface area contributed by atoms with Crippen molar-refractivity contribution in [1.29, 1.82) is 0 Å². The molecule has 4 nitrogen and oxygen atoms in total. The Bertz CT molecular complexity index is 560. The quantitative estimate of drug-likeness (QED) is 0.772. The van der Waals surface area contributed by atoms with E-state index in [0.29, 0.717) is 0 Å². The van der Waals surface area contributed by atoms with Crippen LogP contribution in [0.1, 0.15) is 5.56 Å². The van der Waals surface area contributed by atoms with Crippen molar-refractivity contribution in [2.45, 2.75) is 10.6 Å². The predicted octanol–water partition coefficient (Wildman–Crippen LogP) is 1.16. The van der Waals surface area contributed by atoms with Gasteiger partial charge in [-0.1, -0.05) is 18.2 Å². The first kappa shape index (κ1) is 12.5. The molecule has 0 radical (unpaired) electrons. The minimum atomic E-state index is -3.75. The Morgan fingerprint density at radius 2 is 1.67 bits per heavy atom. The van der Waals surface area contributed by atoms with Crippen molar-refractivity contribution in [3.05, 3.63) is 29.8 Å². The van der Waals surface area contributed by atoms with E-state index in [-0.39, 0.29) is 10.5 Å². The number of sulfone groups is 1. The molecule has 0 heterocycles. The van der Waals surface area contributed by atoms with E-state index in [0.717, 1.165) is 6.26 Å². The summed E-state index contributed by atoms with van der Waals surface area (Å²) in [7, 11) is -2.11. The van der Waals surface area contributed by atoms with E-state index in [1.54, 1.807) is 6.07 Å². The summed E-state index contributed by atoms with van der Waals surface area (Å²) < 4.78 is 44.3. The Morgan fingerprint density at radius 1 is 1.13 bits per heavy atom. The molecule has 0 fully saturated rings. The van der Waals surface area contributed by atoms with Gasteiger partial charge in [0.05, 0.1) is 10.6 Å². The number of hydrogen-bond donors (Lipinski definition) is 0. The van der Waals surface area contributed by atoms with Crippen LogP contribution in [0.5, 0.6) is 0 Å². The van der Waals surface area contributed by atoms with Gasteiger partial charge in [-0.05, 0) is 11.6 Å². The summed E-state index contributed by atoms with van der Waals surface area (Å²) in [5, 5.41) is 0. The SMILES string of the molecule is CS(=O)(=O)c1ccccc1CS(=O)(=O)Cl. The highest BCUT2D eigenvalue weighted by Gasteiger charge is 2.16. The lowest BCUT2D eigenvalue weighted by Crippen LogP contribution is -2.05. The van der Waals surface area contributed by atoms with Gasteiger partial charge in [0, 0.05) is 16.9 Å². The van der Waals surface area contributed by atoms with Crippen molar-refractivity contribution in [1.82, 2.24) is 0 Å². The highest BCUT2D eigenvalue weighted by molar-refractivity contribution is 8.13. The fourth-order valence-electron chi connectivity index (χ4n) is 1.17. The lowest BCUT2D eigenvalue weighted by Gasteiger charge is -2.04. The van der Waals surface area contributed by atoms with Gasteiger partial charge in [-0.15, -0.1) is 0 Å². The average molecular weight is 269 g/mol. The van der Waals surface area contributed by atoms with Gasteiger partial charge < -0.3 is 0 Å². The minimum absolute atomic E-state index is 0.00535. The summed E-state index contributed by atoms with van der Waals surface area (Å²) in [6.07, 6.45) is 1.02. The molecule has 0 atom stereocenters. The monoisotopic (exact) mass is 268 g/mol. The summed E-state index contributed by atoms with van der Waals surface area (Å²) >= 11 is 0. The Kier molecular flexibility index (Phi) is 3.42. The molecule has 1 aromatic rings.